The van der Waals surface area contributed by atoms with E-state index in [4.69, 9.17) is 10.5 Å². The van der Waals surface area contributed by atoms with E-state index in [1.54, 1.807) is 6.92 Å². The molecular weight excluding hydrogens is 420 g/mol. The van der Waals surface area contributed by atoms with E-state index in [1.807, 2.05) is 35.3 Å². The molecule has 0 unspecified atom stereocenters. The zero-order valence-corrected chi connectivity index (χ0v) is 19.6. The van der Waals surface area contributed by atoms with Crippen molar-refractivity contribution in [3.05, 3.63) is 35.9 Å². The summed E-state index contributed by atoms with van der Waals surface area (Å²) < 4.78 is 5.12. The SMILES string of the molecule is CCOC(=O)C1CCN(NC(=O)[C@H](Cc2ccccc2)NC(=O)C2CCC(CN)CC2)CC1. The largest absolute Gasteiger partial charge is 0.466 e. The highest BCUT2D eigenvalue weighted by molar-refractivity contribution is 5.88. The number of benzene rings is 1. The summed E-state index contributed by atoms with van der Waals surface area (Å²) >= 11 is 0. The molecule has 33 heavy (non-hydrogen) atoms. The first-order valence-corrected chi connectivity index (χ1v) is 12.3. The highest BCUT2D eigenvalue weighted by Crippen LogP contribution is 2.28. The van der Waals surface area contributed by atoms with Crippen LogP contribution in [0.15, 0.2) is 30.3 Å². The van der Waals surface area contributed by atoms with Crippen molar-refractivity contribution in [1.82, 2.24) is 15.8 Å². The van der Waals surface area contributed by atoms with Gasteiger partial charge in [-0.3, -0.25) is 19.8 Å². The molecule has 1 aromatic carbocycles. The molecule has 1 atom stereocenters. The normalized spacial score (nSPS) is 22.8. The van der Waals surface area contributed by atoms with Gasteiger partial charge in [-0.1, -0.05) is 30.3 Å². The summed E-state index contributed by atoms with van der Waals surface area (Å²) in [6.07, 6.45) is 5.25. The lowest BCUT2D eigenvalue weighted by atomic mass is 9.81. The number of hydrogen-bond donors (Lipinski definition) is 3. The molecule has 1 aliphatic carbocycles. The molecule has 8 nitrogen and oxygen atoms in total. The van der Waals surface area contributed by atoms with E-state index < -0.39 is 6.04 Å². The number of nitrogens with two attached hydrogens (primary N) is 1. The van der Waals surface area contributed by atoms with E-state index in [0.717, 1.165) is 31.2 Å². The third kappa shape index (κ3) is 7.54. The first-order chi connectivity index (χ1) is 16.0. The molecule has 0 spiro atoms. The molecule has 3 rings (SSSR count). The maximum Gasteiger partial charge on any atom is 0.309 e. The quantitative estimate of drug-likeness (QED) is 0.486. The van der Waals surface area contributed by atoms with Crippen LogP contribution in [0.2, 0.25) is 0 Å². The lowest BCUT2D eigenvalue weighted by Crippen LogP contribution is -2.56. The fraction of sp³-hybridized carbons (Fsp3) is 0.640. The van der Waals surface area contributed by atoms with Crippen LogP contribution < -0.4 is 16.5 Å². The van der Waals surface area contributed by atoms with Crippen LogP contribution in [0.5, 0.6) is 0 Å². The monoisotopic (exact) mass is 458 g/mol. The van der Waals surface area contributed by atoms with E-state index in [-0.39, 0.29) is 29.6 Å². The second-order valence-corrected chi connectivity index (χ2v) is 9.19. The smallest absolute Gasteiger partial charge is 0.309 e. The molecule has 1 saturated heterocycles. The molecule has 1 saturated carbocycles. The van der Waals surface area contributed by atoms with E-state index in [0.29, 0.717) is 51.4 Å². The molecule has 0 aromatic heterocycles. The van der Waals surface area contributed by atoms with Crippen LogP contribution in [-0.4, -0.2) is 55.1 Å². The Labute approximate surface area is 196 Å². The van der Waals surface area contributed by atoms with Gasteiger partial charge in [0.1, 0.15) is 6.04 Å². The minimum atomic E-state index is -0.657. The molecule has 1 aromatic rings. The van der Waals surface area contributed by atoms with Crippen molar-refractivity contribution in [3.63, 3.8) is 0 Å². The number of nitrogens with one attached hydrogen (secondary N) is 2. The van der Waals surface area contributed by atoms with E-state index >= 15 is 0 Å². The van der Waals surface area contributed by atoms with E-state index in [1.165, 1.54) is 0 Å². The Hall–Kier alpha value is -2.45. The van der Waals surface area contributed by atoms with Gasteiger partial charge in [-0.05, 0) is 63.5 Å². The molecule has 0 bridgehead atoms. The zero-order valence-electron chi connectivity index (χ0n) is 19.6. The van der Waals surface area contributed by atoms with Crippen LogP contribution in [-0.2, 0) is 25.5 Å². The fourth-order valence-electron chi connectivity index (χ4n) is 4.73. The van der Waals surface area contributed by atoms with Crippen molar-refractivity contribution in [2.45, 2.75) is 57.9 Å². The second kappa shape index (κ2) is 12.7. The fourth-order valence-corrected chi connectivity index (χ4v) is 4.73. The predicted molar refractivity (Wildman–Crippen MR) is 126 cm³/mol. The van der Waals surface area contributed by atoms with Gasteiger partial charge in [0.05, 0.1) is 12.5 Å². The van der Waals surface area contributed by atoms with Crippen LogP contribution in [0, 0.1) is 17.8 Å². The number of hydrazine groups is 1. The third-order valence-corrected chi connectivity index (χ3v) is 6.85. The van der Waals surface area contributed by atoms with Crippen molar-refractivity contribution in [2.75, 3.05) is 26.2 Å². The highest BCUT2D eigenvalue weighted by Gasteiger charge is 2.31. The van der Waals surface area contributed by atoms with Gasteiger partial charge in [-0.25, -0.2) is 5.01 Å². The number of hydrogen-bond acceptors (Lipinski definition) is 6. The molecule has 0 radical (unpaired) electrons. The number of carbonyl (C=O) groups is 3. The maximum absolute atomic E-state index is 13.2. The van der Waals surface area contributed by atoms with Crippen LogP contribution in [0.3, 0.4) is 0 Å². The van der Waals surface area contributed by atoms with Crippen LogP contribution in [0.4, 0.5) is 0 Å². The first kappa shape index (κ1) is 25.2. The minimum Gasteiger partial charge on any atom is -0.466 e. The number of piperidine rings is 1. The molecule has 1 aliphatic heterocycles. The van der Waals surface area contributed by atoms with Crippen molar-refractivity contribution >= 4 is 17.8 Å². The Balaban J connectivity index is 1.57. The summed E-state index contributed by atoms with van der Waals surface area (Å²) in [7, 11) is 0. The van der Waals surface area contributed by atoms with Gasteiger partial charge >= 0.3 is 5.97 Å². The summed E-state index contributed by atoms with van der Waals surface area (Å²) in [4.78, 5) is 38.1. The Kier molecular flexibility index (Phi) is 9.69. The molecule has 4 N–H and O–H groups in total. The van der Waals surface area contributed by atoms with Gasteiger partial charge < -0.3 is 15.8 Å². The van der Waals surface area contributed by atoms with Gasteiger partial charge in [0.2, 0.25) is 5.91 Å². The number of amides is 2. The lowest BCUT2D eigenvalue weighted by Gasteiger charge is -2.33. The Morgan fingerprint density at radius 3 is 2.30 bits per heavy atom. The Bertz CT molecular complexity index is 772. The molecule has 182 valence electrons. The molecule has 8 heteroatoms. The third-order valence-electron chi connectivity index (χ3n) is 6.85. The molecule has 1 heterocycles. The average Bonchev–Trinajstić information content (AvgIpc) is 2.85. The summed E-state index contributed by atoms with van der Waals surface area (Å²) in [5.41, 5.74) is 9.73. The highest BCUT2D eigenvalue weighted by atomic mass is 16.5. The summed E-state index contributed by atoms with van der Waals surface area (Å²) in [5.74, 6) is -0.141. The summed E-state index contributed by atoms with van der Waals surface area (Å²) in [6.45, 7) is 4.00. The van der Waals surface area contributed by atoms with Crippen molar-refractivity contribution in [1.29, 1.82) is 0 Å². The number of ether oxygens (including phenoxy) is 1. The predicted octanol–water partition coefficient (Wildman–Crippen LogP) is 1.79. The second-order valence-electron chi connectivity index (χ2n) is 9.19. The molecule has 2 amide bonds. The number of rotatable bonds is 9. The zero-order chi connectivity index (χ0) is 23.6. The molecule has 2 fully saturated rings. The van der Waals surface area contributed by atoms with Crippen molar-refractivity contribution in [3.8, 4) is 0 Å². The van der Waals surface area contributed by atoms with Crippen LogP contribution in [0.25, 0.3) is 0 Å². The van der Waals surface area contributed by atoms with Gasteiger partial charge in [0.15, 0.2) is 0 Å². The first-order valence-electron chi connectivity index (χ1n) is 12.3. The van der Waals surface area contributed by atoms with E-state index in [2.05, 4.69) is 10.7 Å². The number of nitrogens with zero attached hydrogens (tertiary/aromatic N) is 1. The van der Waals surface area contributed by atoms with Gasteiger partial charge in [0.25, 0.3) is 5.91 Å². The van der Waals surface area contributed by atoms with Crippen LogP contribution >= 0.6 is 0 Å². The Morgan fingerprint density at radius 1 is 1.03 bits per heavy atom. The van der Waals surface area contributed by atoms with Gasteiger partial charge in [-0.15, -0.1) is 0 Å². The number of esters is 1. The minimum absolute atomic E-state index is 0.0532. The average molecular weight is 459 g/mol. The summed E-state index contributed by atoms with van der Waals surface area (Å²) in [5, 5.41) is 4.86. The summed E-state index contributed by atoms with van der Waals surface area (Å²) in [6, 6.07) is 9.06. The van der Waals surface area contributed by atoms with Crippen molar-refractivity contribution in [2.24, 2.45) is 23.5 Å². The van der Waals surface area contributed by atoms with Gasteiger partial charge in [0, 0.05) is 25.4 Å². The standard InChI is InChI=1S/C25H38N4O4/c1-2-33-25(32)21-12-14-29(15-13-21)28-24(31)22(16-18-6-4-3-5-7-18)27-23(30)20-10-8-19(17-26)9-11-20/h3-7,19-22H,2,8-17,26H2,1H3,(H,27,30)(H,28,31)/t19?,20?,22-/m0/s1. The topological polar surface area (TPSA) is 114 Å². The van der Waals surface area contributed by atoms with Gasteiger partial charge in [-0.2, -0.15) is 0 Å². The molecule has 2 aliphatic rings. The lowest BCUT2D eigenvalue weighted by molar-refractivity contribution is -0.150. The van der Waals surface area contributed by atoms with Crippen LogP contribution in [0.1, 0.15) is 51.0 Å². The number of carbonyl (C=O) groups excluding carboxylic acids is 3. The molecular formula is C25H38N4O4. The Morgan fingerprint density at radius 2 is 1.70 bits per heavy atom. The van der Waals surface area contributed by atoms with Crippen molar-refractivity contribution < 1.29 is 19.1 Å². The maximum atomic E-state index is 13.2. The van der Waals surface area contributed by atoms with E-state index in [9.17, 15) is 14.4 Å².